The molecule has 1 aliphatic carbocycles. The molecule has 1 saturated carbocycles. The van der Waals surface area contributed by atoms with E-state index >= 15 is 0 Å². The molecule has 72 valence electrons. The number of nitrogens with zero attached hydrogens (tertiary/aromatic N) is 2. The number of anilines is 1. The number of rotatable bonds is 2. The first-order chi connectivity index (χ1) is 6.34. The quantitative estimate of drug-likeness (QED) is 0.755. The van der Waals surface area contributed by atoms with E-state index in [0.29, 0.717) is 5.82 Å². The fourth-order valence-corrected chi connectivity index (χ4v) is 2.11. The van der Waals surface area contributed by atoms with E-state index < -0.39 is 0 Å². The summed E-state index contributed by atoms with van der Waals surface area (Å²) in [5, 5.41) is 4.20. The zero-order chi connectivity index (χ0) is 9.10. The van der Waals surface area contributed by atoms with E-state index in [-0.39, 0.29) is 0 Å². The van der Waals surface area contributed by atoms with Gasteiger partial charge in [0.05, 0.1) is 0 Å². The van der Waals surface area contributed by atoms with E-state index in [4.69, 9.17) is 5.73 Å². The van der Waals surface area contributed by atoms with Gasteiger partial charge in [-0.05, 0) is 24.8 Å². The van der Waals surface area contributed by atoms with E-state index in [1.54, 1.807) is 0 Å². The lowest BCUT2D eigenvalue weighted by Gasteiger charge is -2.21. The standard InChI is InChI=1S/C10H17N3/c11-10-6-7-13(12-10)8-9-4-2-1-3-5-9/h6-7,9H,1-5,8H2,(H2,11,12). The predicted octanol–water partition coefficient (Wildman–Crippen LogP) is 2.05. The third kappa shape index (κ3) is 2.23. The highest BCUT2D eigenvalue weighted by atomic mass is 15.3. The first kappa shape index (κ1) is 8.60. The Morgan fingerprint density at radius 1 is 1.38 bits per heavy atom. The molecule has 1 aliphatic rings. The molecule has 1 heterocycles. The first-order valence-electron chi connectivity index (χ1n) is 5.13. The molecule has 2 N–H and O–H groups in total. The minimum atomic E-state index is 0.635. The molecule has 0 amide bonds. The number of nitrogen functional groups attached to an aromatic ring is 1. The Balaban J connectivity index is 1.89. The lowest BCUT2D eigenvalue weighted by atomic mass is 9.89. The van der Waals surface area contributed by atoms with Crippen LogP contribution >= 0.6 is 0 Å². The molecule has 2 rings (SSSR count). The SMILES string of the molecule is Nc1ccn(CC2CCCCC2)n1. The Hall–Kier alpha value is -0.990. The molecule has 0 atom stereocenters. The van der Waals surface area contributed by atoms with Crippen LogP contribution in [0, 0.1) is 5.92 Å². The molecule has 0 radical (unpaired) electrons. The molecule has 3 heteroatoms. The average molecular weight is 179 g/mol. The van der Waals surface area contributed by atoms with Gasteiger partial charge in [0.15, 0.2) is 0 Å². The highest BCUT2D eigenvalue weighted by molar-refractivity contribution is 5.23. The van der Waals surface area contributed by atoms with Crippen molar-refractivity contribution in [2.45, 2.75) is 38.6 Å². The summed E-state index contributed by atoms with van der Waals surface area (Å²) in [5.41, 5.74) is 5.55. The van der Waals surface area contributed by atoms with Crippen molar-refractivity contribution in [3.05, 3.63) is 12.3 Å². The van der Waals surface area contributed by atoms with Crippen LogP contribution < -0.4 is 5.73 Å². The third-order valence-corrected chi connectivity index (χ3v) is 2.83. The van der Waals surface area contributed by atoms with Crippen molar-refractivity contribution >= 4 is 5.82 Å². The van der Waals surface area contributed by atoms with Gasteiger partial charge in [-0.3, -0.25) is 4.68 Å². The molecule has 0 aliphatic heterocycles. The van der Waals surface area contributed by atoms with Crippen LogP contribution in [0.4, 0.5) is 5.82 Å². The first-order valence-corrected chi connectivity index (χ1v) is 5.13. The Kier molecular flexibility index (Phi) is 2.52. The van der Waals surface area contributed by atoms with E-state index in [0.717, 1.165) is 12.5 Å². The van der Waals surface area contributed by atoms with Gasteiger partial charge in [0.1, 0.15) is 5.82 Å². The smallest absolute Gasteiger partial charge is 0.145 e. The summed E-state index contributed by atoms with van der Waals surface area (Å²) in [5.74, 6) is 1.46. The second kappa shape index (κ2) is 3.81. The van der Waals surface area contributed by atoms with E-state index in [2.05, 4.69) is 5.10 Å². The maximum Gasteiger partial charge on any atom is 0.145 e. The van der Waals surface area contributed by atoms with Gasteiger partial charge in [0, 0.05) is 12.7 Å². The Bertz CT molecular complexity index is 261. The van der Waals surface area contributed by atoms with Crippen molar-refractivity contribution < 1.29 is 0 Å². The summed E-state index contributed by atoms with van der Waals surface area (Å²) in [4.78, 5) is 0. The normalized spacial score (nSPS) is 19.1. The van der Waals surface area contributed by atoms with E-state index in [9.17, 15) is 0 Å². The minimum absolute atomic E-state index is 0.635. The topological polar surface area (TPSA) is 43.8 Å². The van der Waals surface area contributed by atoms with Crippen LogP contribution in [0.15, 0.2) is 12.3 Å². The van der Waals surface area contributed by atoms with Crippen LogP contribution in [0.1, 0.15) is 32.1 Å². The summed E-state index contributed by atoms with van der Waals surface area (Å²) < 4.78 is 1.98. The summed E-state index contributed by atoms with van der Waals surface area (Å²) in [6, 6.07) is 1.86. The van der Waals surface area contributed by atoms with Crippen LogP contribution in [0.5, 0.6) is 0 Å². The zero-order valence-electron chi connectivity index (χ0n) is 7.95. The molecule has 0 saturated heterocycles. The molecular weight excluding hydrogens is 162 g/mol. The predicted molar refractivity (Wildman–Crippen MR) is 53.2 cm³/mol. The molecule has 0 aromatic carbocycles. The molecule has 13 heavy (non-hydrogen) atoms. The Labute approximate surface area is 78.9 Å². The van der Waals surface area contributed by atoms with E-state index in [1.807, 2.05) is 16.9 Å². The molecule has 1 fully saturated rings. The fraction of sp³-hybridized carbons (Fsp3) is 0.700. The second-order valence-electron chi connectivity index (χ2n) is 3.97. The van der Waals surface area contributed by atoms with Crippen molar-refractivity contribution in [1.29, 1.82) is 0 Å². The van der Waals surface area contributed by atoms with Gasteiger partial charge in [-0.25, -0.2) is 0 Å². The average Bonchev–Trinajstić information content (AvgIpc) is 2.53. The van der Waals surface area contributed by atoms with Gasteiger partial charge in [-0.2, -0.15) is 5.10 Å². The summed E-state index contributed by atoms with van der Waals surface area (Å²) in [6.45, 7) is 1.05. The van der Waals surface area contributed by atoms with Crippen LogP contribution in [0.3, 0.4) is 0 Å². The van der Waals surface area contributed by atoms with Gasteiger partial charge in [-0.15, -0.1) is 0 Å². The molecule has 0 unspecified atom stereocenters. The van der Waals surface area contributed by atoms with E-state index in [1.165, 1.54) is 32.1 Å². The van der Waals surface area contributed by atoms with Crippen LogP contribution in [-0.2, 0) is 6.54 Å². The number of hydrogen-bond donors (Lipinski definition) is 1. The maximum absolute atomic E-state index is 5.55. The van der Waals surface area contributed by atoms with Crippen LogP contribution in [0.25, 0.3) is 0 Å². The van der Waals surface area contributed by atoms with Gasteiger partial charge in [0.25, 0.3) is 0 Å². The number of hydrogen-bond acceptors (Lipinski definition) is 2. The van der Waals surface area contributed by atoms with Crippen molar-refractivity contribution in [3.63, 3.8) is 0 Å². The molecule has 1 aromatic heterocycles. The molecular formula is C10H17N3. The molecule has 3 nitrogen and oxygen atoms in total. The summed E-state index contributed by atoms with van der Waals surface area (Å²) in [6.07, 6.45) is 8.89. The van der Waals surface area contributed by atoms with Gasteiger partial charge in [-0.1, -0.05) is 19.3 Å². The zero-order valence-corrected chi connectivity index (χ0v) is 7.95. The third-order valence-electron chi connectivity index (χ3n) is 2.83. The lowest BCUT2D eigenvalue weighted by molar-refractivity contribution is 0.308. The minimum Gasteiger partial charge on any atom is -0.382 e. The molecule has 0 bridgehead atoms. The molecule has 1 aromatic rings. The highest BCUT2D eigenvalue weighted by Crippen LogP contribution is 2.24. The number of nitrogens with two attached hydrogens (primary N) is 1. The van der Waals surface area contributed by atoms with Gasteiger partial charge >= 0.3 is 0 Å². The maximum atomic E-state index is 5.55. The second-order valence-corrected chi connectivity index (χ2v) is 3.97. The van der Waals surface area contributed by atoms with Crippen molar-refractivity contribution in [2.75, 3.05) is 5.73 Å². The van der Waals surface area contributed by atoms with Crippen LogP contribution in [0.2, 0.25) is 0 Å². The van der Waals surface area contributed by atoms with Gasteiger partial charge in [0.2, 0.25) is 0 Å². The fourth-order valence-electron chi connectivity index (χ4n) is 2.11. The Morgan fingerprint density at radius 2 is 2.15 bits per heavy atom. The summed E-state index contributed by atoms with van der Waals surface area (Å²) in [7, 11) is 0. The van der Waals surface area contributed by atoms with Gasteiger partial charge < -0.3 is 5.73 Å². The largest absolute Gasteiger partial charge is 0.382 e. The van der Waals surface area contributed by atoms with Crippen LogP contribution in [-0.4, -0.2) is 9.78 Å². The Morgan fingerprint density at radius 3 is 2.77 bits per heavy atom. The van der Waals surface area contributed by atoms with Crippen molar-refractivity contribution in [3.8, 4) is 0 Å². The lowest BCUT2D eigenvalue weighted by Crippen LogP contribution is -2.14. The van der Waals surface area contributed by atoms with Crippen molar-refractivity contribution in [2.24, 2.45) is 5.92 Å². The summed E-state index contributed by atoms with van der Waals surface area (Å²) >= 11 is 0. The van der Waals surface area contributed by atoms with Crippen molar-refractivity contribution in [1.82, 2.24) is 9.78 Å². The highest BCUT2D eigenvalue weighted by Gasteiger charge is 2.13. The number of aromatic nitrogens is 2. The molecule has 0 spiro atoms. The monoisotopic (exact) mass is 179 g/mol.